The van der Waals surface area contributed by atoms with E-state index in [1.807, 2.05) is 6.07 Å². The molecule has 2 heterocycles. The zero-order valence-corrected chi connectivity index (χ0v) is 19.8. The fraction of sp³-hybridized carbons (Fsp3) is 0.276. The van der Waals surface area contributed by atoms with E-state index in [9.17, 15) is 28.0 Å². The summed E-state index contributed by atoms with van der Waals surface area (Å²) in [5.74, 6) is -4.84. The number of carbonyl (C=O) groups is 2. The van der Waals surface area contributed by atoms with Crippen molar-refractivity contribution in [2.24, 2.45) is 5.92 Å². The van der Waals surface area contributed by atoms with Gasteiger partial charge in [-0.25, -0.2) is 13.2 Å². The second-order valence-corrected chi connectivity index (χ2v) is 9.37. The van der Waals surface area contributed by atoms with Crippen molar-refractivity contribution in [3.05, 3.63) is 89.2 Å². The monoisotopic (exact) mass is 504 g/mol. The van der Waals surface area contributed by atoms with E-state index >= 15 is 0 Å². The Labute approximate surface area is 212 Å². The summed E-state index contributed by atoms with van der Waals surface area (Å²) in [6.45, 7) is 0.716. The fourth-order valence-corrected chi connectivity index (χ4v) is 5.35. The summed E-state index contributed by atoms with van der Waals surface area (Å²) in [7, 11) is 0. The van der Waals surface area contributed by atoms with E-state index in [2.05, 4.69) is 6.07 Å². The van der Waals surface area contributed by atoms with E-state index in [0.29, 0.717) is 43.5 Å². The number of amides is 1. The molecule has 3 aromatic rings. The minimum atomic E-state index is -1.57. The molecule has 1 spiro atoms. The van der Waals surface area contributed by atoms with Crippen LogP contribution in [0.15, 0.2) is 60.7 Å². The number of hydrogen-bond donors (Lipinski definition) is 0. The molecule has 1 unspecified atom stereocenters. The maximum atomic E-state index is 14.5. The van der Waals surface area contributed by atoms with E-state index in [4.69, 9.17) is 4.74 Å². The first-order valence-electron chi connectivity index (χ1n) is 12.1. The van der Waals surface area contributed by atoms with Gasteiger partial charge in [0.2, 0.25) is 0 Å². The SMILES string of the molecule is N#CCCC1C(=O)c2ccc(-c3ccc(F)c(F)c3F)cc2OC12CCN(C(=O)c1ccccc1)CC2. The fourth-order valence-electron chi connectivity index (χ4n) is 5.35. The molecule has 0 aromatic heterocycles. The van der Waals surface area contributed by atoms with Gasteiger partial charge >= 0.3 is 0 Å². The number of ether oxygens (including phenoxy) is 1. The highest BCUT2D eigenvalue weighted by Gasteiger charge is 2.51. The Morgan fingerprint density at radius 3 is 2.41 bits per heavy atom. The Morgan fingerprint density at radius 2 is 1.70 bits per heavy atom. The highest BCUT2D eigenvalue weighted by atomic mass is 19.2. The van der Waals surface area contributed by atoms with Gasteiger partial charge in [0.05, 0.1) is 17.6 Å². The molecule has 5 nitrogen and oxygen atoms in total. The minimum Gasteiger partial charge on any atom is -0.486 e. The van der Waals surface area contributed by atoms with Gasteiger partial charge in [0.15, 0.2) is 23.2 Å². The smallest absolute Gasteiger partial charge is 0.253 e. The van der Waals surface area contributed by atoms with Crippen LogP contribution in [-0.2, 0) is 0 Å². The molecule has 5 rings (SSSR count). The van der Waals surface area contributed by atoms with Crippen molar-refractivity contribution in [2.75, 3.05) is 13.1 Å². The van der Waals surface area contributed by atoms with Gasteiger partial charge < -0.3 is 9.64 Å². The molecule has 0 N–H and O–H groups in total. The van der Waals surface area contributed by atoms with Crippen LogP contribution in [0, 0.1) is 34.7 Å². The number of ketones is 1. The zero-order valence-electron chi connectivity index (χ0n) is 19.8. The Balaban J connectivity index is 1.47. The molecule has 0 saturated carbocycles. The number of halogens is 3. The van der Waals surface area contributed by atoms with Gasteiger partial charge in [-0.1, -0.05) is 24.3 Å². The van der Waals surface area contributed by atoms with Crippen molar-refractivity contribution in [3.8, 4) is 22.9 Å². The lowest BCUT2D eigenvalue weighted by molar-refractivity contribution is -0.0411. The van der Waals surface area contributed by atoms with E-state index in [1.54, 1.807) is 29.2 Å². The van der Waals surface area contributed by atoms with E-state index in [1.165, 1.54) is 18.2 Å². The van der Waals surface area contributed by atoms with Crippen LogP contribution in [0.4, 0.5) is 13.2 Å². The van der Waals surface area contributed by atoms with E-state index < -0.39 is 29.0 Å². The number of nitriles is 1. The first-order chi connectivity index (χ1) is 17.8. The second kappa shape index (κ2) is 9.74. The van der Waals surface area contributed by atoms with Crippen LogP contribution in [-0.4, -0.2) is 35.3 Å². The van der Waals surface area contributed by atoms with Gasteiger partial charge in [-0.15, -0.1) is 0 Å². The average Bonchev–Trinajstić information content (AvgIpc) is 2.92. The maximum Gasteiger partial charge on any atom is 0.253 e. The molecule has 8 heteroatoms. The summed E-state index contributed by atoms with van der Waals surface area (Å²) >= 11 is 0. The number of fused-ring (bicyclic) bond motifs is 1. The van der Waals surface area contributed by atoms with Gasteiger partial charge in [-0.05, 0) is 48.4 Å². The molecule has 0 bridgehead atoms. The number of rotatable bonds is 4. The molecule has 1 amide bonds. The predicted molar refractivity (Wildman–Crippen MR) is 129 cm³/mol. The number of hydrogen-bond acceptors (Lipinski definition) is 4. The average molecular weight is 505 g/mol. The van der Waals surface area contributed by atoms with Crippen molar-refractivity contribution >= 4 is 11.7 Å². The summed E-state index contributed by atoms with van der Waals surface area (Å²) < 4.78 is 48.3. The molecule has 0 radical (unpaired) electrons. The van der Waals surface area contributed by atoms with Gasteiger partial charge in [0.25, 0.3) is 5.91 Å². The van der Waals surface area contributed by atoms with Gasteiger partial charge in [-0.3, -0.25) is 9.59 Å². The molecule has 2 aliphatic rings. The number of Topliss-reactive ketones (excluding diaryl/α,β-unsaturated/α-hetero) is 1. The van der Waals surface area contributed by atoms with Crippen LogP contribution in [0.25, 0.3) is 11.1 Å². The Bertz CT molecular complexity index is 1410. The topological polar surface area (TPSA) is 70.4 Å². The van der Waals surface area contributed by atoms with Crippen LogP contribution >= 0.6 is 0 Å². The summed E-state index contributed by atoms with van der Waals surface area (Å²) in [6, 6.07) is 17.4. The molecule has 3 aromatic carbocycles. The lowest BCUT2D eigenvalue weighted by Gasteiger charge is -2.48. The highest BCUT2D eigenvalue weighted by Crippen LogP contribution is 2.46. The normalized spacial score (nSPS) is 18.2. The molecular weight excluding hydrogens is 481 g/mol. The molecule has 1 fully saturated rings. The predicted octanol–water partition coefficient (Wildman–Crippen LogP) is 5.94. The number of piperidine rings is 1. The molecule has 2 aliphatic heterocycles. The lowest BCUT2D eigenvalue weighted by Crippen LogP contribution is -2.57. The van der Waals surface area contributed by atoms with Crippen molar-refractivity contribution in [2.45, 2.75) is 31.3 Å². The van der Waals surface area contributed by atoms with E-state index in [0.717, 1.165) is 12.1 Å². The van der Waals surface area contributed by atoms with Crippen molar-refractivity contribution < 1.29 is 27.5 Å². The molecule has 188 valence electrons. The Hall–Kier alpha value is -4.12. The number of carbonyl (C=O) groups excluding carboxylic acids is 2. The molecule has 1 saturated heterocycles. The summed E-state index contributed by atoms with van der Waals surface area (Å²) in [6.07, 6.45) is 1.22. The Kier molecular flexibility index (Phi) is 6.46. The highest BCUT2D eigenvalue weighted by molar-refractivity contribution is 6.03. The first kappa shape index (κ1) is 24.6. The second-order valence-electron chi connectivity index (χ2n) is 9.37. The van der Waals surface area contributed by atoms with Crippen molar-refractivity contribution in [1.82, 2.24) is 4.90 Å². The minimum absolute atomic E-state index is 0.109. The maximum absolute atomic E-state index is 14.5. The van der Waals surface area contributed by atoms with Crippen LogP contribution in [0.3, 0.4) is 0 Å². The van der Waals surface area contributed by atoms with Crippen molar-refractivity contribution in [3.63, 3.8) is 0 Å². The summed E-state index contributed by atoms with van der Waals surface area (Å²) in [5, 5.41) is 9.19. The standard InChI is InChI=1S/C29H23F3N2O3/c30-23-11-10-20(25(31)26(23)32)19-8-9-21-24(17-19)37-29(22(27(21)35)7-4-14-33)12-15-34(16-13-29)28(36)18-5-2-1-3-6-18/h1-3,5-6,8-11,17,22H,4,7,12-13,15-16H2. The first-order valence-corrected chi connectivity index (χ1v) is 12.1. The third kappa shape index (κ3) is 4.35. The largest absolute Gasteiger partial charge is 0.486 e. The summed E-state index contributed by atoms with van der Waals surface area (Å²) in [5.41, 5.74) is 0.0123. The lowest BCUT2D eigenvalue weighted by atomic mass is 9.71. The summed E-state index contributed by atoms with van der Waals surface area (Å²) in [4.78, 5) is 28.3. The zero-order chi connectivity index (χ0) is 26.2. The molecular formula is C29H23F3N2O3. The van der Waals surface area contributed by atoms with Gasteiger partial charge in [-0.2, -0.15) is 5.26 Å². The van der Waals surface area contributed by atoms with Crippen LogP contribution in [0.5, 0.6) is 5.75 Å². The Morgan fingerprint density at radius 1 is 1.00 bits per heavy atom. The number of likely N-dealkylation sites (tertiary alicyclic amines) is 1. The quantitative estimate of drug-likeness (QED) is 0.413. The van der Waals surface area contributed by atoms with Crippen LogP contribution in [0.1, 0.15) is 46.4 Å². The molecule has 37 heavy (non-hydrogen) atoms. The number of benzene rings is 3. The van der Waals surface area contributed by atoms with E-state index in [-0.39, 0.29) is 35.0 Å². The van der Waals surface area contributed by atoms with Crippen molar-refractivity contribution in [1.29, 1.82) is 5.26 Å². The van der Waals surface area contributed by atoms with Gasteiger partial charge in [0, 0.05) is 43.5 Å². The van der Waals surface area contributed by atoms with Crippen LogP contribution < -0.4 is 4.74 Å². The van der Waals surface area contributed by atoms with Gasteiger partial charge in [0.1, 0.15) is 11.4 Å². The number of nitrogens with zero attached hydrogens (tertiary/aromatic N) is 2. The third-order valence-corrected chi connectivity index (χ3v) is 7.32. The molecule has 0 aliphatic carbocycles. The molecule has 1 atom stereocenters. The van der Waals surface area contributed by atoms with Crippen LogP contribution in [0.2, 0.25) is 0 Å². The third-order valence-electron chi connectivity index (χ3n) is 7.32.